The summed E-state index contributed by atoms with van der Waals surface area (Å²) in [5.74, 6) is -0.575. The van der Waals surface area contributed by atoms with Crippen LogP contribution in [0.2, 0.25) is 5.02 Å². The van der Waals surface area contributed by atoms with Crippen LogP contribution in [0.3, 0.4) is 0 Å². The molecule has 0 aliphatic carbocycles. The van der Waals surface area contributed by atoms with Gasteiger partial charge in [-0.15, -0.1) is 5.10 Å². The van der Waals surface area contributed by atoms with E-state index in [1.807, 2.05) is 20.8 Å². The van der Waals surface area contributed by atoms with E-state index in [0.717, 1.165) is 4.68 Å². The highest BCUT2D eigenvalue weighted by Crippen LogP contribution is 2.39. The molecule has 0 saturated carbocycles. The Bertz CT molecular complexity index is 1720. The van der Waals surface area contributed by atoms with Gasteiger partial charge in [-0.1, -0.05) is 40.2 Å². The fourth-order valence-electron chi connectivity index (χ4n) is 5.27. The molecule has 1 unspecified atom stereocenters. The first-order chi connectivity index (χ1) is 21.9. The van der Waals surface area contributed by atoms with Gasteiger partial charge in [0.1, 0.15) is 11.8 Å². The second-order valence-electron chi connectivity index (χ2n) is 11.9. The normalized spacial score (nSPS) is 15.3. The van der Waals surface area contributed by atoms with Gasteiger partial charge in [-0.3, -0.25) is 4.79 Å². The number of hydrogen-bond donors (Lipinski definition) is 0. The van der Waals surface area contributed by atoms with E-state index in [4.69, 9.17) is 25.6 Å². The summed E-state index contributed by atoms with van der Waals surface area (Å²) < 4.78 is 100. The van der Waals surface area contributed by atoms with Crippen LogP contribution in [0.5, 0.6) is 0 Å². The van der Waals surface area contributed by atoms with Crippen molar-refractivity contribution >= 4 is 23.2 Å². The monoisotopic (exact) mass is 685 g/mol. The lowest BCUT2D eigenvalue weighted by Crippen LogP contribution is -2.38. The molecule has 5 rings (SSSR count). The highest BCUT2D eigenvalue weighted by molar-refractivity contribution is 6.33. The number of nitrogens with zero attached hydrogens (tertiary/aromatic N) is 5. The van der Waals surface area contributed by atoms with Gasteiger partial charge in [0.25, 0.3) is 0 Å². The maximum absolute atomic E-state index is 14.5. The first kappa shape index (κ1) is 34.4. The first-order valence-electron chi connectivity index (χ1n) is 14.5. The summed E-state index contributed by atoms with van der Waals surface area (Å²) in [6, 6.07) is 7.91. The topological polar surface area (TPSA) is 95.5 Å². The van der Waals surface area contributed by atoms with Crippen molar-refractivity contribution in [1.29, 1.82) is 0 Å². The van der Waals surface area contributed by atoms with Crippen molar-refractivity contribution in [2.45, 2.75) is 58.3 Å². The molecule has 0 bridgehead atoms. The molecule has 4 aromatic rings. The van der Waals surface area contributed by atoms with Crippen molar-refractivity contribution in [2.24, 2.45) is 0 Å². The number of rotatable bonds is 8. The maximum Gasteiger partial charge on any atom is 0.416 e. The summed E-state index contributed by atoms with van der Waals surface area (Å²) >= 11 is 6.48. The van der Waals surface area contributed by atoms with Crippen molar-refractivity contribution < 1.29 is 45.1 Å². The summed E-state index contributed by atoms with van der Waals surface area (Å²) in [5.41, 5.74) is -3.74. The Morgan fingerprint density at radius 2 is 1.62 bits per heavy atom. The number of morpholine rings is 1. The summed E-state index contributed by atoms with van der Waals surface area (Å²) in [6.07, 6.45) is -10.9. The van der Waals surface area contributed by atoms with Crippen LogP contribution in [0.25, 0.3) is 11.3 Å². The van der Waals surface area contributed by atoms with Gasteiger partial charge in [-0.05, 0) is 57.5 Å². The van der Waals surface area contributed by atoms with E-state index < -0.39 is 47.5 Å². The third-order valence-electron chi connectivity index (χ3n) is 7.19. The molecule has 1 saturated heterocycles. The first-order valence-corrected chi connectivity index (χ1v) is 14.8. The number of aromatic nitrogens is 4. The minimum absolute atomic E-state index is 0.0326. The van der Waals surface area contributed by atoms with E-state index in [1.165, 1.54) is 0 Å². The summed E-state index contributed by atoms with van der Waals surface area (Å²) in [7, 11) is 0. The van der Waals surface area contributed by atoms with Gasteiger partial charge in [0.15, 0.2) is 17.3 Å². The number of halogens is 7. The van der Waals surface area contributed by atoms with E-state index in [0.29, 0.717) is 17.7 Å². The highest BCUT2D eigenvalue weighted by Gasteiger charge is 2.38. The Hall–Kier alpha value is -3.95. The van der Waals surface area contributed by atoms with Gasteiger partial charge in [-0.25, -0.2) is 4.68 Å². The van der Waals surface area contributed by atoms with Crippen molar-refractivity contribution in [3.8, 4) is 11.3 Å². The Morgan fingerprint density at radius 1 is 1.00 bits per heavy atom. The Balaban J connectivity index is 1.66. The predicted molar refractivity (Wildman–Crippen MR) is 158 cm³/mol. The Morgan fingerprint density at radius 3 is 2.19 bits per heavy atom. The minimum atomic E-state index is -5.04. The largest absolute Gasteiger partial charge is 0.416 e. The molecule has 1 aliphatic rings. The number of carbonyl (C=O) groups excluding carboxylic acids is 1. The average molecular weight is 686 g/mol. The smallest absolute Gasteiger partial charge is 0.378 e. The van der Waals surface area contributed by atoms with Gasteiger partial charge >= 0.3 is 12.4 Å². The molecule has 47 heavy (non-hydrogen) atoms. The fraction of sp³-hybridized carbons (Fsp3) is 0.419. The van der Waals surface area contributed by atoms with Crippen LogP contribution in [0.4, 0.5) is 32.2 Å². The van der Waals surface area contributed by atoms with Gasteiger partial charge < -0.3 is 18.9 Å². The molecule has 1 atom stereocenters. The van der Waals surface area contributed by atoms with Crippen LogP contribution in [0, 0.1) is 0 Å². The molecule has 16 heteroatoms. The number of ether oxygens (including phenoxy) is 2. The van der Waals surface area contributed by atoms with Crippen molar-refractivity contribution in [3.05, 3.63) is 81.2 Å². The highest BCUT2D eigenvalue weighted by atomic mass is 35.5. The minimum Gasteiger partial charge on any atom is -0.378 e. The molecule has 1 fully saturated rings. The number of hydrogen-bond acceptors (Lipinski definition) is 8. The predicted octanol–water partition coefficient (Wildman–Crippen LogP) is 7.62. The second-order valence-corrected chi connectivity index (χ2v) is 12.3. The maximum atomic E-state index is 14.5. The molecule has 0 amide bonds. The Labute approximate surface area is 270 Å². The van der Waals surface area contributed by atoms with E-state index in [-0.39, 0.29) is 71.5 Å². The molecule has 0 N–H and O–H groups in total. The van der Waals surface area contributed by atoms with E-state index in [1.54, 1.807) is 36.1 Å². The van der Waals surface area contributed by atoms with Crippen molar-refractivity contribution in [2.75, 3.05) is 31.2 Å². The molecule has 252 valence electrons. The van der Waals surface area contributed by atoms with Crippen molar-refractivity contribution in [1.82, 2.24) is 20.2 Å². The quantitative estimate of drug-likeness (QED) is 0.138. The fourth-order valence-corrected chi connectivity index (χ4v) is 5.50. The molecular formula is C31H30ClF6N5O4. The van der Waals surface area contributed by atoms with Gasteiger partial charge in [0.2, 0.25) is 5.78 Å². The molecule has 9 nitrogen and oxygen atoms in total. The summed E-state index contributed by atoms with van der Waals surface area (Å²) in [6.45, 7) is 7.51. The van der Waals surface area contributed by atoms with E-state index >= 15 is 0 Å². The van der Waals surface area contributed by atoms with Crippen molar-refractivity contribution in [3.63, 3.8) is 0 Å². The molecule has 0 spiro atoms. The molecule has 1 aliphatic heterocycles. The van der Waals surface area contributed by atoms with Crippen LogP contribution >= 0.6 is 11.6 Å². The molecular weight excluding hydrogens is 656 g/mol. The van der Waals surface area contributed by atoms with Crippen LogP contribution in [0.1, 0.15) is 72.3 Å². The molecule has 3 heterocycles. The number of ketones is 1. The van der Waals surface area contributed by atoms with Crippen LogP contribution in [-0.4, -0.2) is 57.8 Å². The number of carbonyl (C=O) groups is 1. The van der Waals surface area contributed by atoms with Crippen LogP contribution < -0.4 is 4.90 Å². The zero-order valence-corrected chi connectivity index (χ0v) is 26.4. The van der Waals surface area contributed by atoms with Crippen LogP contribution in [-0.2, 0) is 28.4 Å². The molecule has 2 aromatic heterocycles. The SMILES string of the molecule is CC(OC(C)(C)C)c1onc(-c2ccccc2Cl)c1C(=O)c1nnn(Cc2cc(C(F)(F)F)cc(C(F)(F)F)c2)c1N1CCOCC1. The second kappa shape index (κ2) is 12.9. The standard InChI is InChI=1S/C31H30ClF6N5O4/c1-17(46-29(2,3)4)27-23(24(40-47-27)21-7-5-6-8-22(21)32)26(44)25-28(42-9-11-45-12-10-42)43(41-39-25)16-18-13-19(30(33,34)35)15-20(14-18)31(36,37)38/h5-8,13-15,17H,9-12,16H2,1-4H3. The van der Waals surface area contributed by atoms with E-state index in [2.05, 4.69) is 15.5 Å². The number of anilines is 1. The summed E-state index contributed by atoms with van der Waals surface area (Å²) in [5, 5.41) is 12.6. The third kappa shape index (κ3) is 7.63. The lowest BCUT2D eigenvalue weighted by Gasteiger charge is -2.29. The molecule has 0 radical (unpaired) electrons. The van der Waals surface area contributed by atoms with E-state index in [9.17, 15) is 31.1 Å². The summed E-state index contributed by atoms with van der Waals surface area (Å²) in [4.78, 5) is 16.2. The van der Waals surface area contributed by atoms with Gasteiger partial charge in [0, 0.05) is 18.7 Å². The van der Waals surface area contributed by atoms with Gasteiger partial charge in [0.05, 0.1) is 47.1 Å². The van der Waals surface area contributed by atoms with Gasteiger partial charge in [-0.2, -0.15) is 26.3 Å². The zero-order chi connectivity index (χ0) is 34.3. The Kier molecular flexibility index (Phi) is 9.45. The average Bonchev–Trinajstić information content (AvgIpc) is 3.61. The zero-order valence-electron chi connectivity index (χ0n) is 25.7. The number of benzene rings is 2. The molecule has 2 aromatic carbocycles. The lowest BCUT2D eigenvalue weighted by molar-refractivity contribution is -0.143. The number of alkyl halides is 6. The lowest BCUT2D eigenvalue weighted by atomic mass is 9.98. The van der Waals surface area contributed by atoms with Crippen LogP contribution in [0.15, 0.2) is 47.0 Å². The third-order valence-corrected chi connectivity index (χ3v) is 7.52.